The molecule has 5 heteroatoms. The number of rotatable bonds is 4. The Balaban J connectivity index is 1.53. The van der Waals surface area contributed by atoms with Crippen LogP contribution in [0.25, 0.3) is 0 Å². The molecule has 1 saturated heterocycles. The smallest absolute Gasteiger partial charge is 0.0934 e. The molecule has 106 valence electrons. The van der Waals surface area contributed by atoms with Crippen LogP contribution in [-0.2, 0) is 11.2 Å². The van der Waals surface area contributed by atoms with E-state index in [1.807, 2.05) is 0 Å². The SMILES string of the molecule is CCN1CCOC(CNC2CCc3sc(Cl)cc32)C1. The quantitative estimate of drug-likeness (QED) is 0.925. The largest absolute Gasteiger partial charge is 0.374 e. The van der Waals surface area contributed by atoms with Crippen LogP contribution >= 0.6 is 22.9 Å². The zero-order chi connectivity index (χ0) is 13.2. The highest BCUT2D eigenvalue weighted by Crippen LogP contribution is 2.39. The number of nitrogens with zero attached hydrogens (tertiary/aromatic N) is 1. The first-order chi connectivity index (χ1) is 9.26. The maximum Gasteiger partial charge on any atom is 0.0934 e. The van der Waals surface area contributed by atoms with Crippen molar-refractivity contribution in [1.82, 2.24) is 10.2 Å². The number of hydrogen-bond acceptors (Lipinski definition) is 4. The maximum atomic E-state index is 6.09. The molecule has 1 aliphatic heterocycles. The van der Waals surface area contributed by atoms with E-state index in [-0.39, 0.29) is 0 Å². The molecule has 2 aliphatic rings. The Labute approximate surface area is 123 Å². The lowest BCUT2D eigenvalue weighted by Crippen LogP contribution is -2.46. The molecule has 0 amide bonds. The number of likely N-dealkylation sites (N-methyl/N-ethyl adjacent to an activating group) is 1. The molecule has 1 N–H and O–H groups in total. The number of ether oxygens (including phenoxy) is 1. The number of aryl methyl sites for hydroxylation is 1. The van der Waals surface area contributed by atoms with Gasteiger partial charge in [-0.2, -0.15) is 0 Å². The van der Waals surface area contributed by atoms with Crippen LogP contribution in [-0.4, -0.2) is 43.8 Å². The summed E-state index contributed by atoms with van der Waals surface area (Å²) in [5.41, 5.74) is 1.41. The second-order valence-corrected chi connectivity index (χ2v) is 7.08. The van der Waals surface area contributed by atoms with Crippen LogP contribution < -0.4 is 5.32 Å². The van der Waals surface area contributed by atoms with E-state index in [2.05, 4.69) is 23.2 Å². The van der Waals surface area contributed by atoms with Crippen molar-refractivity contribution in [2.24, 2.45) is 0 Å². The van der Waals surface area contributed by atoms with Gasteiger partial charge >= 0.3 is 0 Å². The van der Waals surface area contributed by atoms with Crippen molar-refractivity contribution < 1.29 is 4.74 Å². The van der Waals surface area contributed by atoms with E-state index in [1.165, 1.54) is 16.9 Å². The molecule has 2 atom stereocenters. The Morgan fingerprint density at radius 3 is 3.32 bits per heavy atom. The van der Waals surface area contributed by atoms with E-state index in [9.17, 15) is 0 Å². The minimum atomic E-state index is 0.326. The predicted octanol–water partition coefficient (Wildman–Crippen LogP) is 2.70. The Morgan fingerprint density at radius 2 is 2.47 bits per heavy atom. The summed E-state index contributed by atoms with van der Waals surface area (Å²) < 4.78 is 6.75. The number of thiophene rings is 1. The molecule has 3 rings (SSSR count). The van der Waals surface area contributed by atoms with Gasteiger partial charge in [-0.05, 0) is 31.0 Å². The Kier molecular flexibility index (Phi) is 4.44. The van der Waals surface area contributed by atoms with Crippen molar-refractivity contribution in [2.75, 3.05) is 32.8 Å². The molecule has 0 spiro atoms. The molecule has 0 aromatic carbocycles. The van der Waals surface area contributed by atoms with Crippen molar-refractivity contribution in [3.05, 3.63) is 20.8 Å². The van der Waals surface area contributed by atoms with Gasteiger partial charge in [0, 0.05) is 30.6 Å². The third-order valence-electron chi connectivity index (χ3n) is 4.11. The molecule has 19 heavy (non-hydrogen) atoms. The average Bonchev–Trinajstić information content (AvgIpc) is 2.96. The number of nitrogens with one attached hydrogen (secondary N) is 1. The van der Waals surface area contributed by atoms with Crippen molar-refractivity contribution in [3.63, 3.8) is 0 Å². The van der Waals surface area contributed by atoms with Crippen molar-refractivity contribution in [2.45, 2.75) is 31.9 Å². The minimum absolute atomic E-state index is 0.326. The third-order valence-corrected chi connectivity index (χ3v) is 5.45. The van der Waals surface area contributed by atoms with Gasteiger partial charge in [-0.15, -0.1) is 11.3 Å². The Bertz CT molecular complexity index is 437. The van der Waals surface area contributed by atoms with Crippen LogP contribution in [0.2, 0.25) is 4.34 Å². The first-order valence-corrected chi connectivity index (χ1v) is 8.31. The fraction of sp³-hybridized carbons (Fsp3) is 0.714. The summed E-state index contributed by atoms with van der Waals surface area (Å²) in [6.45, 7) is 7.25. The second-order valence-electron chi connectivity index (χ2n) is 5.31. The van der Waals surface area contributed by atoms with E-state index in [0.717, 1.165) is 43.5 Å². The van der Waals surface area contributed by atoms with Crippen LogP contribution in [0.15, 0.2) is 6.07 Å². The number of hydrogen-bond donors (Lipinski definition) is 1. The molecule has 2 heterocycles. The Morgan fingerprint density at radius 1 is 1.58 bits per heavy atom. The lowest BCUT2D eigenvalue weighted by atomic mass is 10.1. The highest BCUT2D eigenvalue weighted by Gasteiger charge is 2.26. The van der Waals surface area contributed by atoms with E-state index < -0.39 is 0 Å². The van der Waals surface area contributed by atoms with E-state index in [0.29, 0.717) is 12.1 Å². The van der Waals surface area contributed by atoms with Crippen LogP contribution in [0.3, 0.4) is 0 Å². The molecule has 0 saturated carbocycles. The minimum Gasteiger partial charge on any atom is -0.374 e. The predicted molar refractivity (Wildman–Crippen MR) is 80.2 cm³/mol. The monoisotopic (exact) mass is 300 g/mol. The number of halogens is 1. The summed E-state index contributed by atoms with van der Waals surface area (Å²) >= 11 is 7.82. The molecule has 3 nitrogen and oxygen atoms in total. The third kappa shape index (κ3) is 3.14. The van der Waals surface area contributed by atoms with Crippen LogP contribution in [0.5, 0.6) is 0 Å². The van der Waals surface area contributed by atoms with Gasteiger partial charge in [-0.3, -0.25) is 4.90 Å². The molecule has 1 aromatic rings. The van der Waals surface area contributed by atoms with Crippen molar-refractivity contribution in [3.8, 4) is 0 Å². The normalized spacial score (nSPS) is 27.7. The lowest BCUT2D eigenvalue weighted by molar-refractivity contribution is -0.0263. The van der Waals surface area contributed by atoms with Gasteiger partial charge in [0.15, 0.2) is 0 Å². The van der Waals surface area contributed by atoms with E-state index in [4.69, 9.17) is 16.3 Å². The van der Waals surface area contributed by atoms with Crippen molar-refractivity contribution in [1.29, 1.82) is 0 Å². The number of morpholine rings is 1. The van der Waals surface area contributed by atoms with Crippen LogP contribution in [0.1, 0.15) is 29.8 Å². The van der Waals surface area contributed by atoms with Gasteiger partial charge in [0.2, 0.25) is 0 Å². The summed E-state index contributed by atoms with van der Waals surface area (Å²) in [4.78, 5) is 3.92. The lowest BCUT2D eigenvalue weighted by Gasteiger charge is -2.32. The molecule has 1 fully saturated rings. The van der Waals surface area contributed by atoms with Gasteiger partial charge < -0.3 is 10.1 Å². The molecular formula is C14H21ClN2OS. The highest BCUT2D eigenvalue weighted by atomic mass is 35.5. The Hall–Kier alpha value is -0.130. The van der Waals surface area contributed by atoms with E-state index >= 15 is 0 Å². The first kappa shape index (κ1) is 13.8. The van der Waals surface area contributed by atoms with Crippen LogP contribution in [0, 0.1) is 0 Å². The fourth-order valence-corrected chi connectivity index (χ4v) is 4.36. The highest BCUT2D eigenvalue weighted by molar-refractivity contribution is 7.16. The molecule has 1 aromatic heterocycles. The van der Waals surface area contributed by atoms with E-state index in [1.54, 1.807) is 11.3 Å². The van der Waals surface area contributed by atoms with Gasteiger partial charge in [0.05, 0.1) is 17.0 Å². The zero-order valence-electron chi connectivity index (χ0n) is 11.3. The second kappa shape index (κ2) is 6.10. The number of fused-ring (bicyclic) bond motifs is 1. The maximum absolute atomic E-state index is 6.09. The molecular weight excluding hydrogens is 280 g/mol. The summed E-state index contributed by atoms with van der Waals surface area (Å²) in [7, 11) is 0. The average molecular weight is 301 g/mol. The summed E-state index contributed by atoms with van der Waals surface area (Å²) in [6.07, 6.45) is 2.69. The van der Waals surface area contributed by atoms with Gasteiger partial charge in [0.1, 0.15) is 0 Å². The van der Waals surface area contributed by atoms with Crippen LogP contribution in [0.4, 0.5) is 0 Å². The summed E-state index contributed by atoms with van der Waals surface area (Å²) in [5.74, 6) is 0. The zero-order valence-corrected chi connectivity index (χ0v) is 12.9. The molecule has 1 aliphatic carbocycles. The van der Waals surface area contributed by atoms with Gasteiger partial charge in [0.25, 0.3) is 0 Å². The summed E-state index contributed by atoms with van der Waals surface area (Å²) in [6, 6.07) is 2.60. The van der Waals surface area contributed by atoms with Gasteiger partial charge in [-0.1, -0.05) is 18.5 Å². The molecule has 0 radical (unpaired) electrons. The molecule has 0 bridgehead atoms. The molecule has 2 unspecified atom stereocenters. The van der Waals surface area contributed by atoms with Crippen molar-refractivity contribution >= 4 is 22.9 Å². The topological polar surface area (TPSA) is 24.5 Å². The first-order valence-electron chi connectivity index (χ1n) is 7.11. The standard InChI is InChI=1S/C14H21ClN2OS/c1-2-17-5-6-18-10(9-17)8-16-12-3-4-13-11(12)7-14(15)19-13/h7,10,12,16H,2-6,8-9H2,1H3. The summed E-state index contributed by atoms with van der Waals surface area (Å²) in [5, 5.41) is 3.66. The van der Waals surface area contributed by atoms with Gasteiger partial charge in [-0.25, -0.2) is 0 Å². The fourth-order valence-electron chi connectivity index (χ4n) is 3.01.